The molecular formula is C14H16N2O2S. The van der Waals surface area contributed by atoms with Gasteiger partial charge in [0, 0.05) is 5.92 Å². The number of rotatable bonds is 2. The number of carboxylic acid groups (broad SMARTS) is 1. The number of hydrogen-bond donors (Lipinski definition) is 1. The number of benzene rings is 1. The van der Waals surface area contributed by atoms with Gasteiger partial charge in [-0.05, 0) is 44.1 Å². The molecule has 19 heavy (non-hydrogen) atoms. The van der Waals surface area contributed by atoms with E-state index in [2.05, 4.69) is 11.1 Å². The van der Waals surface area contributed by atoms with Crippen LogP contribution in [0.2, 0.25) is 0 Å². The van der Waals surface area contributed by atoms with Gasteiger partial charge in [-0.3, -0.25) is 9.69 Å². The Balaban J connectivity index is 2.00. The van der Waals surface area contributed by atoms with E-state index in [0.717, 1.165) is 35.2 Å². The number of likely N-dealkylation sites (N-methyl/N-ethyl adjacent to an activating group) is 1. The van der Waals surface area contributed by atoms with Gasteiger partial charge < -0.3 is 5.11 Å². The molecule has 2 aromatic rings. The minimum atomic E-state index is -0.725. The normalized spacial score (nSPS) is 24.7. The molecule has 0 saturated carbocycles. The maximum absolute atomic E-state index is 11.5. The topological polar surface area (TPSA) is 53.4 Å². The van der Waals surface area contributed by atoms with Crippen LogP contribution in [0.15, 0.2) is 23.7 Å². The Labute approximate surface area is 115 Å². The highest BCUT2D eigenvalue weighted by Gasteiger charge is 2.35. The Bertz CT molecular complexity index is 610. The van der Waals surface area contributed by atoms with Gasteiger partial charge in [0.2, 0.25) is 0 Å². The monoisotopic (exact) mass is 276 g/mol. The maximum atomic E-state index is 11.5. The zero-order chi connectivity index (χ0) is 13.4. The minimum absolute atomic E-state index is 0.0720. The van der Waals surface area contributed by atoms with Crippen LogP contribution in [0.4, 0.5) is 0 Å². The van der Waals surface area contributed by atoms with Gasteiger partial charge >= 0.3 is 5.97 Å². The third-order valence-electron chi connectivity index (χ3n) is 3.92. The van der Waals surface area contributed by atoms with E-state index < -0.39 is 12.0 Å². The summed E-state index contributed by atoms with van der Waals surface area (Å²) in [5, 5.41) is 9.46. The molecular weight excluding hydrogens is 260 g/mol. The summed E-state index contributed by atoms with van der Waals surface area (Å²) < 4.78 is 1.13. The Hall–Kier alpha value is -1.46. The van der Waals surface area contributed by atoms with Crippen LogP contribution >= 0.6 is 11.3 Å². The number of thiazole rings is 1. The van der Waals surface area contributed by atoms with Crippen molar-refractivity contribution in [3.63, 3.8) is 0 Å². The van der Waals surface area contributed by atoms with Crippen molar-refractivity contribution < 1.29 is 9.90 Å². The lowest BCUT2D eigenvalue weighted by atomic mass is 9.83. The van der Waals surface area contributed by atoms with Gasteiger partial charge in [0.05, 0.1) is 15.7 Å². The first-order valence-corrected chi connectivity index (χ1v) is 7.31. The van der Waals surface area contributed by atoms with Gasteiger partial charge in [0.15, 0.2) is 0 Å². The van der Waals surface area contributed by atoms with E-state index in [1.54, 1.807) is 11.3 Å². The standard InChI is InChI=1S/C14H16N2O2S/c1-16-6-2-3-10(13(16)14(17)18)9-4-5-11-12(7-9)19-8-15-11/h4-5,7-8,10,13H,2-3,6H2,1H3,(H,17,18). The zero-order valence-corrected chi connectivity index (χ0v) is 11.6. The first-order chi connectivity index (χ1) is 9.16. The Morgan fingerprint density at radius 3 is 3.16 bits per heavy atom. The molecule has 1 fully saturated rings. The number of likely N-dealkylation sites (tertiary alicyclic amines) is 1. The summed E-state index contributed by atoms with van der Waals surface area (Å²) in [4.78, 5) is 17.7. The van der Waals surface area contributed by atoms with E-state index in [1.165, 1.54) is 0 Å². The summed E-state index contributed by atoms with van der Waals surface area (Å²) in [7, 11) is 1.90. The van der Waals surface area contributed by atoms with Crippen LogP contribution in [-0.2, 0) is 4.79 Å². The number of piperidine rings is 1. The lowest BCUT2D eigenvalue weighted by Crippen LogP contribution is -2.46. The first kappa shape index (κ1) is 12.6. The highest BCUT2D eigenvalue weighted by Crippen LogP contribution is 2.34. The van der Waals surface area contributed by atoms with E-state index >= 15 is 0 Å². The van der Waals surface area contributed by atoms with Crippen LogP contribution in [-0.4, -0.2) is 40.6 Å². The van der Waals surface area contributed by atoms with Crippen molar-refractivity contribution in [2.24, 2.45) is 0 Å². The molecule has 5 heteroatoms. The fourth-order valence-corrected chi connectivity index (χ4v) is 3.70. The fourth-order valence-electron chi connectivity index (χ4n) is 2.98. The van der Waals surface area contributed by atoms with Crippen molar-refractivity contribution >= 4 is 27.5 Å². The second kappa shape index (κ2) is 4.90. The molecule has 0 bridgehead atoms. The number of carboxylic acids is 1. The number of fused-ring (bicyclic) bond motifs is 1. The van der Waals surface area contributed by atoms with E-state index in [4.69, 9.17) is 0 Å². The van der Waals surface area contributed by atoms with Crippen LogP contribution in [0.3, 0.4) is 0 Å². The predicted octanol–water partition coefficient (Wildman–Crippen LogP) is 2.56. The third kappa shape index (κ3) is 2.24. The van der Waals surface area contributed by atoms with E-state index in [9.17, 15) is 9.90 Å². The third-order valence-corrected chi connectivity index (χ3v) is 4.71. The van der Waals surface area contributed by atoms with Crippen LogP contribution in [0.1, 0.15) is 24.3 Å². The molecule has 1 aliphatic rings. The van der Waals surface area contributed by atoms with Gasteiger partial charge in [-0.15, -0.1) is 11.3 Å². The molecule has 0 aliphatic carbocycles. The molecule has 1 aromatic carbocycles. The average Bonchev–Trinajstić information content (AvgIpc) is 2.85. The first-order valence-electron chi connectivity index (χ1n) is 6.43. The molecule has 4 nitrogen and oxygen atoms in total. The molecule has 100 valence electrons. The summed E-state index contributed by atoms with van der Waals surface area (Å²) in [5.41, 5.74) is 3.94. The van der Waals surface area contributed by atoms with Crippen molar-refractivity contribution in [2.75, 3.05) is 13.6 Å². The number of nitrogens with zero attached hydrogens (tertiary/aromatic N) is 2. The van der Waals surface area contributed by atoms with Crippen molar-refractivity contribution in [2.45, 2.75) is 24.8 Å². The lowest BCUT2D eigenvalue weighted by Gasteiger charge is -2.36. The number of aromatic nitrogens is 1. The molecule has 0 amide bonds. The van der Waals surface area contributed by atoms with Crippen molar-refractivity contribution in [1.29, 1.82) is 0 Å². The molecule has 0 radical (unpaired) electrons. The smallest absolute Gasteiger partial charge is 0.321 e. The molecule has 3 rings (SSSR count). The largest absolute Gasteiger partial charge is 0.480 e. The van der Waals surface area contributed by atoms with Crippen molar-refractivity contribution in [1.82, 2.24) is 9.88 Å². The minimum Gasteiger partial charge on any atom is -0.480 e. The number of carbonyl (C=O) groups is 1. The van der Waals surface area contributed by atoms with E-state index in [1.807, 2.05) is 29.6 Å². The molecule has 1 aromatic heterocycles. The predicted molar refractivity (Wildman–Crippen MR) is 75.6 cm³/mol. The molecule has 2 heterocycles. The Morgan fingerprint density at radius 1 is 1.53 bits per heavy atom. The molecule has 2 atom stereocenters. The quantitative estimate of drug-likeness (QED) is 0.916. The zero-order valence-electron chi connectivity index (χ0n) is 10.7. The Kier molecular flexibility index (Phi) is 3.24. The van der Waals surface area contributed by atoms with Crippen LogP contribution in [0.25, 0.3) is 10.2 Å². The van der Waals surface area contributed by atoms with Gasteiger partial charge in [-0.2, -0.15) is 0 Å². The van der Waals surface area contributed by atoms with Crippen LogP contribution in [0.5, 0.6) is 0 Å². The molecule has 1 N–H and O–H groups in total. The lowest BCUT2D eigenvalue weighted by molar-refractivity contribution is -0.144. The molecule has 0 spiro atoms. The molecule has 1 saturated heterocycles. The second-order valence-electron chi connectivity index (χ2n) is 5.09. The van der Waals surface area contributed by atoms with Gasteiger partial charge in [0.1, 0.15) is 6.04 Å². The summed E-state index contributed by atoms with van der Waals surface area (Å²) in [6, 6.07) is 5.71. The summed E-state index contributed by atoms with van der Waals surface area (Å²) in [6.45, 7) is 0.857. The highest BCUT2D eigenvalue weighted by atomic mass is 32.1. The highest BCUT2D eigenvalue weighted by molar-refractivity contribution is 7.16. The second-order valence-corrected chi connectivity index (χ2v) is 5.98. The van der Waals surface area contributed by atoms with E-state index in [-0.39, 0.29) is 5.92 Å². The fraction of sp³-hybridized carbons (Fsp3) is 0.429. The average molecular weight is 276 g/mol. The summed E-state index contributed by atoms with van der Waals surface area (Å²) >= 11 is 1.60. The molecule has 2 unspecified atom stereocenters. The van der Waals surface area contributed by atoms with E-state index in [0.29, 0.717) is 0 Å². The Morgan fingerprint density at radius 2 is 2.37 bits per heavy atom. The van der Waals surface area contributed by atoms with Gasteiger partial charge in [0.25, 0.3) is 0 Å². The van der Waals surface area contributed by atoms with Crippen molar-refractivity contribution in [3.05, 3.63) is 29.3 Å². The molecule has 1 aliphatic heterocycles. The van der Waals surface area contributed by atoms with Crippen LogP contribution < -0.4 is 0 Å². The number of aliphatic carboxylic acids is 1. The summed E-state index contributed by atoms with van der Waals surface area (Å²) in [6.07, 6.45) is 1.98. The summed E-state index contributed by atoms with van der Waals surface area (Å²) in [5.74, 6) is -0.653. The number of hydrogen-bond acceptors (Lipinski definition) is 4. The van der Waals surface area contributed by atoms with Gasteiger partial charge in [-0.1, -0.05) is 6.07 Å². The van der Waals surface area contributed by atoms with Crippen LogP contribution in [0, 0.1) is 0 Å². The maximum Gasteiger partial charge on any atom is 0.321 e. The van der Waals surface area contributed by atoms with Crippen molar-refractivity contribution in [3.8, 4) is 0 Å². The van der Waals surface area contributed by atoms with Gasteiger partial charge in [-0.25, -0.2) is 4.98 Å². The SMILES string of the molecule is CN1CCCC(c2ccc3ncsc3c2)C1C(=O)O.